The Labute approximate surface area is 248 Å². The van der Waals surface area contributed by atoms with Gasteiger partial charge in [0.05, 0.1) is 24.6 Å². The number of aryl methyl sites for hydroxylation is 1. The van der Waals surface area contributed by atoms with E-state index < -0.39 is 17.6 Å². The maximum atomic E-state index is 14.3. The minimum absolute atomic E-state index is 0.0280. The van der Waals surface area contributed by atoms with Gasteiger partial charge in [-0.15, -0.1) is 10.2 Å². The second-order valence-electron chi connectivity index (χ2n) is 12.4. The van der Waals surface area contributed by atoms with Crippen molar-refractivity contribution in [2.75, 3.05) is 16.8 Å². The zero-order valence-electron chi connectivity index (χ0n) is 24.4. The third-order valence-electron chi connectivity index (χ3n) is 9.44. The number of rotatable bonds is 10. The maximum Gasteiger partial charge on any atom is 0.416 e. The molecule has 2 aliphatic carbocycles. The number of benzene rings is 1. The number of nitrogens with zero attached hydrogens (tertiary/aromatic N) is 6. The Bertz CT molecular complexity index is 1580. The predicted octanol–water partition coefficient (Wildman–Crippen LogP) is 5.41. The van der Waals surface area contributed by atoms with Gasteiger partial charge in [-0.3, -0.25) is 9.69 Å². The number of alkyl halides is 3. The summed E-state index contributed by atoms with van der Waals surface area (Å²) in [5.74, 6) is 1.09. The molecule has 226 valence electrons. The first-order chi connectivity index (χ1) is 20.5. The lowest BCUT2D eigenvalue weighted by Crippen LogP contribution is -2.47. The van der Waals surface area contributed by atoms with Crippen LogP contribution in [0.25, 0.3) is 0 Å². The van der Waals surface area contributed by atoms with E-state index in [-0.39, 0.29) is 47.4 Å². The molecule has 0 unspecified atom stereocenters. The third-order valence-corrected chi connectivity index (χ3v) is 9.44. The number of hydrogen-bond donors (Lipinski definition) is 2. The van der Waals surface area contributed by atoms with Gasteiger partial charge >= 0.3 is 6.18 Å². The Morgan fingerprint density at radius 2 is 1.88 bits per heavy atom. The Balaban J connectivity index is 1.36. The molecule has 2 fully saturated rings. The highest BCUT2D eigenvalue weighted by Crippen LogP contribution is 2.48. The van der Waals surface area contributed by atoms with Crippen LogP contribution in [0.15, 0.2) is 30.6 Å². The second kappa shape index (κ2) is 10.9. The van der Waals surface area contributed by atoms with E-state index in [1.165, 1.54) is 11.0 Å². The molecule has 3 aliphatic rings. The average Bonchev–Trinajstić information content (AvgIpc) is 3.49. The first-order valence-electron chi connectivity index (χ1n) is 14.8. The van der Waals surface area contributed by atoms with Crippen molar-refractivity contribution >= 4 is 17.5 Å². The Morgan fingerprint density at radius 3 is 2.49 bits per heavy atom. The largest absolute Gasteiger partial charge is 0.416 e. The molecule has 0 bridgehead atoms. The van der Waals surface area contributed by atoms with Crippen LogP contribution in [0.2, 0.25) is 0 Å². The third kappa shape index (κ3) is 5.58. The Morgan fingerprint density at radius 1 is 1.12 bits per heavy atom. The van der Waals surface area contributed by atoms with Gasteiger partial charge < -0.3 is 15.2 Å². The number of nitrogens with one attached hydrogen (secondary N) is 2. The van der Waals surface area contributed by atoms with Gasteiger partial charge in [0.1, 0.15) is 23.8 Å². The summed E-state index contributed by atoms with van der Waals surface area (Å²) in [6.07, 6.45) is 3.77. The molecule has 6 rings (SSSR count). The van der Waals surface area contributed by atoms with Crippen molar-refractivity contribution in [2.45, 2.75) is 88.5 Å². The molecule has 0 radical (unpaired) electrons. The first-order valence-corrected chi connectivity index (χ1v) is 14.8. The van der Waals surface area contributed by atoms with Crippen molar-refractivity contribution in [1.82, 2.24) is 25.1 Å². The molecule has 2 saturated carbocycles. The molecule has 43 heavy (non-hydrogen) atoms. The van der Waals surface area contributed by atoms with Gasteiger partial charge in [-0.1, -0.05) is 6.42 Å². The molecule has 0 saturated heterocycles. The zero-order valence-corrected chi connectivity index (χ0v) is 24.4. The lowest BCUT2D eigenvalue weighted by atomic mass is 9.62. The molecule has 2 aromatic heterocycles. The highest BCUT2D eigenvalue weighted by Gasteiger charge is 2.43. The molecule has 3 aromatic rings. The average molecular weight is 593 g/mol. The number of amides is 1. The van der Waals surface area contributed by atoms with Crippen LogP contribution in [-0.4, -0.2) is 37.7 Å². The van der Waals surface area contributed by atoms with Crippen molar-refractivity contribution in [3.8, 4) is 6.07 Å². The topological polar surface area (TPSA) is 112 Å². The number of carbonyl (C=O) groups excluding carboxylic acids is 1. The Kier molecular flexibility index (Phi) is 7.40. The van der Waals surface area contributed by atoms with Crippen LogP contribution in [0, 0.1) is 11.3 Å². The lowest BCUT2D eigenvalue weighted by Gasteiger charge is -2.42. The number of fused-ring (bicyclic) bond motifs is 1. The number of halogens is 3. The number of nitriles is 1. The van der Waals surface area contributed by atoms with Gasteiger partial charge in [0.15, 0.2) is 0 Å². The number of hydrogen-bond acceptors (Lipinski definition) is 7. The van der Waals surface area contributed by atoms with Crippen molar-refractivity contribution in [3.63, 3.8) is 0 Å². The molecule has 1 aliphatic heterocycles. The fraction of sp³-hybridized carbons (Fsp3) is 0.516. The molecule has 9 nitrogen and oxygen atoms in total. The quantitative estimate of drug-likeness (QED) is 0.303. The minimum atomic E-state index is -4.61. The number of pyridine rings is 1. The van der Waals surface area contributed by atoms with Crippen LogP contribution in [0.3, 0.4) is 0 Å². The molecule has 3 heterocycles. The van der Waals surface area contributed by atoms with Crippen molar-refractivity contribution in [2.24, 2.45) is 7.05 Å². The lowest BCUT2D eigenvalue weighted by molar-refractivity contribution is -0.138. The SMILES string of the molecule is Cn1cnnc1CC1(c2cc(NCCC#N)nc(N3Cc4c(cc(CNC5(C)CCC5)cc4C(F)(F)F)C3=O)c2)CCC1. The Hall–Kier alpha value is -3.98. The molecular weight excluding hydrogens is 557 g/mol. The van der Waals surface area contributed by atoms with Crippen LogP contribution in [-0.2, 0) is 38.1 Å². The van der Waals surface area contributed by atoms with Crippen molar-refractivity contribution in [1.29, 1.82) is 5.26 Å². The van der Waals surface area contributed by atoms with Gasteiger partial charge in [-0.05, 0) is 80.0 Å². The van der Waals surface area contributed by atoms with Gasteiger partial charge in [0, 0.05) is 43.1 Å². The molecule has 2 N–H and O–H groups in total. The fourth-order valence-electron chi connectivity index (χ4n) is 6.45. The van der Waals surface area contributed by atoms with Gasteiger partial charge in [-0.25, -0.2) is 4.98 Å². The molecular formula is C31H35F3N8O. The van der Waals surface area contributed by atoms with E-state index in [2.05, 4.69) is 38.8 Å². The summed E-state index contributed by atoms with van der Waals surface area (Å²) in [5.41, 5.74) is 0.269. The van der Waals surface area contributed by atoms with Crippen molar-refractivity contribution < 1.29 is 18.0 Å². The van der Waals surface area contributed by atoms with E-state index in [9.17, 15) is 18.0 Å². The summed E-state index contributed by atoms with van der Waals surface area (Å²) in [5, 5.41) is 23.9. The molecule has 0 spiro atoms. The van der Waals surface area contributed by atoms with Gasteiger partial charge in [0.2, 0.25) is 0 Å². The maximum absolute atomic E-state index is 14.3. The summed E-state index contributed by atoms with van der Waals surface area (Å²) < 4.78 is 44.9. The number of aromatic nitrogens is 4. The summed E-state index contributed by atoms with van der Waals surface area (Å²) in [7, 11) is 1.89. The normalized spacial score (nSPS) is 18.5. The fourth-order valence-corrected chi connectivity index (χ4v) is 6.45. The van der Waals surface area contributed by atoms with Crippen LogP contribution in [0.4, 0.5) is 24.8 Å². The highest BCUT2D eigenvalue weighted by atomic mass is 19.4. The van der Waals surface area contributed by atoms with Gasteiger partial charge in [-0.2, -0.15) is 18.4 Å². The first kappa shape index (κ1) is 29.1. The molecule has 1 amide bonds. The van der Waals surface area contributed by atoms with E-state index in [1.807, 2.05) is 23.7 Å². The highest BCUT2D eigenvalue weighted by molar-refractivity contribution is 6.10. The van der Waals surface area contributed by atoms with E-state index in [0.717, 1.165) is 49.9 Å². The minimum Gasteiger partial charge on any atom is -0.369 e. The number of carbonyl (C=O) groups is 1. The van der Waals surface area contributed by atoms with E-state index in [0.29, 0.717) is 24.3 Å². The number of anilines is 2. The van der Waals surface area contributed by atoms with Crippen LogP contribution >= 0.6 is 0 Å². The molecule has 1 aromatic carbocycles. The van der Waals surface area contributed by atoms with Crippen molar-refractivity contribution in [3.05, 3.63) is 64.2 Å². The van der Waals surface area contributed by atoms with E-state index >= 15 is 0 Å². The predicted molar refractivity (Wildman–Crippen MR) is 154 cm³/mol. The smallest absolute Gasteiger partial charge is 0.369 e. The second-order valence-corrected chi connectivity index (χ2v) is 12.4. The summed E-state index contributed by atoms with van der Waals surface area (Å²) in [6, 6.07) is 8.63. The molecule has 0 atom stereocenters. The van der Waals surface area contributed by atoms with Crippen LogP contribution in [0.1, 0.15) is 90.3 Å². The zero-order chi connectivity index (χ0) is 30.4. The van der Waals surface area contributed by atoms with Crippen LogP contribution < -0.4 is 15.5 Å². The summed E-state index contributed by atoms with van der Waals surface area (Å²) in [4.78, 5) is 19.8. The summed E-state index contributed by atoms with van der Waals surface area (Å²) in [6.45, 7) is 2.45. The summed E-state index contributed by atoms with van der Waals surface area (Å²) >= 11 is 0. The van der Waals surface area contributed by atoms with Gasteiger partial charge in [0.25, 0.3) is 5.91 Å². The van der Waals surface area contributed by atoms with E-state index in [1.54, 1.807) is 12.4 Å². The van der Waals surface area contributed by atoms with E-state index in [4.69, 9.17) is 5.26 Å². The monoisotopic (exact) mass is 592 g/mol. The van der Waals surface area contributed by atoms with Crippen LogP contribution in [0.5, 0.6) is 0 Å². The standard InChI is InChI=1S/C31H35F3N8O/c1-29(6-3-7-29)37-17-20-12-22-23(24(13-20)31(32,33)34)18-42(28(22)43)26-15-21(14-25(39-26)36-11-5-10-35)30(8-4-9-30)16-27-40-38-19-41(27)2/h12-15,19,37H,3-9,11,16-18H2,1-2H3,(H,36,39). The molecule has 12 heteroatoms.